The first-order valence-corrected chi connectivity index (χ1v) is 22.1. The molecule has 0 amide bonds. The summed E-state index contributed by atoms with van der Waals surface area (Å²) in [6, 6.07) is 7.82. The lowest BCUT2D eigenvalue weighted by Gasteiger charge is -2.72. The number of likely N-dealkylation sites (N-methyl/N-ethyl adjacent to an activating group) is 1. The van der Waals surface area contributed by atoms with Crippen LogP contribution in [0.4, 0.5) is 0 Å². The van der Waals surface area contributed by atoms with E-state index in [1.54, 1.807) is 13.8 Å². The predicted octanol–water partition coefficient (Wildman–Crippen LogP) is 9.75. The third kappa shape index (κ3) is 6.64. The highest BCUT2D eigenvalue weighted by Gasteiger charge is 2.70. The molecule has 0 radical (unpaired) electrons. The van der Waals surface area contributed by atoms with Crippen LogP contribution in [-0.2, 0) is 32.1 Å². The van der Waals surface area contributed by atoms with Crippen LogP contribution in [0.5, 0.6) is 0 Å². The van der Waals surface area contributed by atoms with Gasteiger partial charge >= 0.3 is 11.9 Å². The van der Waals surface area contributed by atoms with Gasteiger partial charge in [-0.2, -0.15) is 0 Å². The molecular formula is C47H67ClN4O5. The SMILES string of the molecule is CNCCn1c(C[C@@]23CC[C@]4(C)[C@H](CC[C@@H]5[C@@]6(C)CC[C@H](OC(=O)CC(C)(C)C(=O)O)C(C)(C)C6CC[C@]54C)C2=C(C(C)C)C(=O)C3)nnc1-c1ccc(Cl)cc1. The fraction of sp³-hybridized carbons (Fsp3) is 0.723. The Balaban J connectivity index is 1.20. The number of carbonyl (C=O) groups is 3. The van der Waals surface area contributed by atoms with Gasteiger partial charge in [-0.05, 0) is 142 Å². The molecule has 5 aliphatic rings. The zero-order valence-electron chi connectivity index (χ0n) is 36.2. The Labute approximate surface area is 345 Å². The topological polar surface area (TPSA) is 123 Å². The summed E-state index contributed by atoms with van der Waals surface area (Å²) in [5, 5.41) is 23.3. The van der Waals surface area contributed by atoms with Crippen molar-refractivity contribution in [3.8, 4) is 11.4 Å². The number of carbonyl (C=O) groups excluding carboxylic acids is 2. The van der Waals surface area contributed by atoms with Gasteiger partial charge in [-0.3, -0.25) is 14.4 Å². The quantitative estimate of drug-likeness (QED) is 0.215. The van der Waals surface area contributed by atoms with Crippen LogP contribution in [0.1, 0.15) is 132 Å². The fourth-order valence-electron chi connectivity index (χ4n) is 13.8. The largest absolute Gasteiger partial charge is 0.481 e. The first kappa shape index (κ1) is 42.1. The van der Waals surface area contributed by atoms with Crippen molar-refractivity contribution in [3.05, 3.63) is 46.3 Å². The summed E-state index contributed by atoms with van der Waals surface area (Å²) in [5.41, 5.74) is 2.01. The molecule has 2 aromatic rings. The lowest BCUT2D eigenvalue weighted by molar-refractivity contribution is -0.233. The zero-order valence-corrected chi connectivity index (χ0v) is 36.9. The van der Waals surface area contributed by atoms with Gasteiger partial charge in [0.05, 0.1) is 11.8 Å². The van der Waals surface area contributed by atoms with Gasteiger partial charge in [-0.1, -0.05) is 65.6 Å². The number of fused-ring (bicyclic) bond motifs is 7. The van der Waals surface area contributed by atoms with Crippen molar-refractivity contribution in [1.29, 1.82) is 0 Å². The Bertz CT molecular complexity index is 1950. The van der Waals surface area contributed by atoms with E-state index in [2.05, 4.69) is 58.4 Å². The standard InChI is InChI=1S/C47H67ClN4O5/c1-28(2)38-32(53)25-47(26-36-50-51-40(52(36)24-23-49-10)29-11-13-30(48)14-12-29)22-21-45(8)31(39(38)47)15-16-34-44(7)19-18-35(57-37(54)27-42(3,4)41(55)56)43(5,6)33(44)17-20-46(34,45)9/h11-14,28,31,33-35,49H,15-27H2,1-10H3,(H,55,56)/t31-,33?,34-,35+,44+,45-,46-,47+/m1/s1. The number of nitrogens with zero attached hydrogens (tertiary/aromatic N) is 3. The van der Waals surface area contributed by atoms with Gasteiger partial charge in [-0.15, -0.1) is 10.2 Å². The molecule has 57 heavy (non-hydrogen) atoms. The summed E-state index contributed by atoms with van der Waals surface area (Å²) in [4.78, 5) is 39.3. The van der Waals surface area contributed by atoms with E-state index in [4.69, 9.17) is 26.5 Å². The second-order valence-corrected chi connectivity index (χ2v) is 21.5. The average molecular weight is 804 g/mol. The van der Waals surface area contributed by atoms with Crippen LogP contribution in [0, 0.1) is 56.2 Å². The normalized spacial score (nSPS) is 34.7. The van der Waals surface area contributed by atoms with E-state index in [1.165, 1.54) is 5.57 Å². The Hall–Kier alpha value is -3.04. The molecule has 1 heterocycles. The molecule has 1 aromatic carbocycles. The van der Waals surface area contributed by atoms with E-state index in [0.717, 1.165) is 87.2 Å². The number of rotatable bonds is 11. The lowest BCUT2D eigenvalue weighted by atomic mass is 9.33. The molecular weight excluding hydrogens is 736 g/mol. The summed E-state index contributed by atoms with van der Waals surface area (Å²) in [6.45, 7) is 21.4. The van der Waals surface area contributed by atoms with E-state index < -0.39 is 17.4 Å². The minimum atomic E-state index is -1.16. The van der Waals surface area contributed by atoms with Crippen molar-refractivity contribution in [1.82, 2.24) is 20.1 Å². The van der Waals surface area contributed by atoms with Crippen LogP contribution in [0.3, 0.4) is 0 Å². The molecule has 2 N–H and O–H groups in total. The van der Waals surface area contributed by atoms with Gasteiger partial charge in [0, 0.05) is 47.3 Å². The molecule has 1 aromatic heterocycles. The number of carboxylic acid groups (broad SMARTS) is 1. The highest BCUT2D eigenvalue weighted by Crippen LogP contribution is 2.77. The van der Waals surface area contributed by atoms with Crippen LogP contribution >= 0.6 is 11.6 Å². The van der Waals surface area contributed by atoms with Gasteiger partial charge in [0.15, 0.2) is 11.6 Å². The van der Waals surface area contributed by atoms with Crippen LogP contribution in [0.2, 0.25) is 5.02 Å². The zero-order chi connectivity index (χ0) is 41.5. The molecule has 7 rings (SSSR count). The summed E-state index contributed by atoms with van der Waals surface area (Å²) in [5.74, 6) is 2.08. The van der Waals surface area contributed by atoms with E-state index in [9.17, 15) is 19.5 Å². The van der Waals surface area contributed by atoms with Gasteiger partial charge in [-0.25, -0.2) is 0 Å². The number of hydrogen-bond donors (Lipinski definition) is 2. The number of nitrogens with one attached hydrogen (secondary N) is 1. The van der Waals surface area contributed by atoms with Crippen molar-refractivity contribution in [2.75, 3.05) is 13.6 Å². The summed E-state index contributed by atoms with van der Waals surface area (Å²) in [6.07, 6.45) is 9.07. The number of ketones is 1. The maximum atomic E-state index is 14.4. The number of aromatic nitrogens is 3. The van der Waals surface area contributed by atoms with E-state index in [1.807, 2.05) is 31.3 Å². The van der Waals surface area contributed by atoms with Gasteiger partial charge in [0.2, 0.25) is 0 Å². The molecule has 0 saturated heterocycles. The second kappa shape index (κ2) is 14.6. The van der Waals surface area contributed by atoms with E-state index in [-0.39, 0.29) is 45.5 Å². The summed E-state index contributed by atoms with van der Waals surface area (Å²) >= 11 is 6.27. The number of aliphatic carboxylic acids is 1. The first-order chi connectivity index (χ1) is 26.6. The molecule has 10 heteroatoms. The van der Waals surface area contributed by atoms with Crippen molar-refractivity contribution >= 4 is 29.3 Å². The maximum absolute atomic E-state index is 14.4. The smallest absolute Gasteiger partial charge is 0.309 e. The van der Waals surface area contributed by atoms with Crippen molar-refractivity contribution in [2.45, 2.75) is 146 Å². The fourth-order valence-corrected chi connectivity index (χ4v) is 13.9. The minimum Gasteiger partial charge on any atom is -0.481 e. The first-order valence-electron chi connectivity index (χ1n) is 21.7. The average Bonchev–Trinajstić information content (AvgIpc) is 3.66. The van der Waals surface area contributed by atoms with E-state index >= 15 is 0 Å². The Morgan fingerprint density at radius 1 is 0.965 bits per heavy atom. The number of hydrogen-bond acceptors (Lipinski definition) is 7. The molecule has 4 fully saturated rings. The third-order valence-electron chi connectivity index (χ3n) is 17.0. The van der Waals surface area contributed by atoms with Crippen LogP contribution < -0.4 is 5.32 Å². The van der Waals surface area contributed by atoms with E-state index in [0.29, 0.717) is 41.4 Å². The van der Waals surface area contributed by atoms with Crippen molar-refractivity contribution < 1.29 is 24.2 Å². The van der Waals surface area contributed by atoms with Crippen molar-refractivity contribution in [2.24, 2.45) is 56.2 Å². The molecule has 9 nitrogen and oxygen atoms in total. The van der Waals surface area contributed by atoms with Gasteiger partial charge in [0.1, 0.15) is 11.9 Å². The number of benzene rings is 1. The number of carboxylic acids is 1. The number of ether oxygens (including phenoxy) is 1. The third-order valence-corrected chi connectivity index (χ3v) is 17.2. The summed E-state index contributed by atoms with van der Waals surface area (Å²) in [7, 11) is 1.97. The van der Waals surface area contributed by atoms with Gasteiger partial charge < -0.3 is 19.7 Å². The number of esters is 1. The maximum Gasteiger partial charge on any atom is 0.309 e. The Morgan fingerprint density at radius 3 is 2.32 bits per heavy atom. The van der Waals surface area contributed by atoms with Crippen LogP contribution in [0.15, 0.2) is 35.4 Å². The molecule has 8 atom stereocenters. The molecule has 1 unspecified atom stereocenters. The molecule has 0 bridgehead atoms. The monoisotopic (exact) mass is 802 g/mol. The molecule has 5 aliphatic carbocycles. The minimum absolute atomic E-state index is 0.0254. The predicted molar refractivity (Wildman–Crippen MR) is 223 cm³/mol. The summed E-state index contributed by atoms with van der Waals surface area (Å²) < 4.78 is 8.47. The van der Waals surface area contributed by atoms with Crippen LogP contribution in [-0.4, -0.2) is 57.3 Å². The second-order valence-electron chi connectivity index (χ2n) is 21.1. The van der Waals surface area contributed by atoms with Gasteiger partial charge in [0.25, 0.3) is 0 Å². The van der Waals surface area contributed by atoms with Crippen LogP contribution in [0.25, 0.3) is 11.4 Å². The molecule has 4 saturated carbocycles. The number of halogens is 1. The Kier molecular flexibility index (Phi) is 10.8. The molecule has 312 valence electrons. The molecule has 0 spiro atoms. The highest BCUT2D eigenvalue weighted by atomic mass is 35.5. The van der Waals surface area contributed by atoms with Crippen molar-refractivity contribution in [3.63, 3.8) is 0 Å². The lowest BCUT2D eigenvalue weighted by Crippen LogP contribution is -2.65. The number of Topliss-reactive ketones (excluding diaryl/α,β-unsaturated/α-hetero) is 1. The number of allylic oxidation sites excluding steroid dienone is 2. The highest BCUT2D eigenvalue weighted by molar-refractivity contribution is 6.30. The Morgan fingerprint density at radius 2 is 1.67 bits per heavy atom. The molecule has 0 aliphatic heterocycles.